The SMILES string of the molecule is Cc1c2c3c(ccc2cc2[n+]1CCc1cc4c(cc1-2)OCO4)OCO3.[I-]. The summed E-state index contributed by atoms with van der Waals surface area (Å²) < 4.78 is 24.8. The Labute approximate surface area is 167 Å². The molecule has 0 bridgehead atoms. The maximum atomic E-state index is 5.74. The van der Waals surface area contributed by atoms with Crippen LogP contribution in [0.5, 0.6) is 23.0 Å². The van der Waals surface area contributed by atoms with Gasteiger partial charge in [-0.05, 0) is 35.2 Å². The van der Waals surface area contributed by atoms with Gasteiger partial charge in [-0.1, -0.05) is 0 Å². The topological polar surface area (TPSA) is 40.8 Å². The monoisotopic (exact) mass is 461 g/mol. The summed E-state index contributed by atoms with van der Waals surface area (Å²) >= 11 is 0. The molecule has 6 heteroatoms. The summed E-state index contributed by atoms with van der Waals surface area (Å²) in [6, 6.07) is 10.6. The quantitative estimate of drug-likeness (QED) is 0.353. The van der Waals surface area contributed by atoms with Crippen LogP contribution in [-0.2, 0) is 13.0 Å². The third kappa shape index (κ3) is 2.05. The second-order valence-corrected chi connectivity index (χ2v) is 6.64. The van der Waals surface area contributed by atoms with Crippen molar-refractivity contribution in [2.75, 3.05) is 13.6 Å². The molecule has 0 aliphatic carbocycles. The first-order valence-electron chi connectivity index (χ1n) is 8.48. The van der Waals surface area contributed by atoms with Gasteiger partial charge in [0, 0.05) is 19.4 Å². The summed E-state index contributed by atoms with van der Waals surface area (Å²) in [5.41, 5.74) is 4.95. The summed E-state index contributed by atoms with van der Waals surface area (Å²) in [4.78, 5) is 0. The van der Waals surface area contributed by atoms with E-state index in [1.54, 1.807) is 0 Å². The largest absolute Gasteiger partial charge is 1.00 e. The van der Waals surface area contributed by atoms with Crippen molar-refractivity contribution in [2.24, 2.45) is 0 Å². The van der Waals surface area contributed by atoms with Crippen LogP contribution in [0.25, 0.3) is 22.0 Å². The van der Waals surface area contributed by atoms with E-state index in [1.165, 1.54) is 27.9 Å². The summed E-state index contributed by atoms with van der Waals surface area (Å²) in [6.07, 6.45) is 0.975. The average Bonchev–Trinajstić information content (AvgIpc) is 3.28. The molecule has 26 heavy (non-hydrogen) atoms. The molecule has 5 nitrogen and oxygen atoms in total. The molecule has 2 aromatic carbocycles. The molecule has 0 amide bonds. The molecule has 0 saturated heterocycles. The van der Waals surface area contributed by atoms with Crippen molar-refractivity contribution in [3.63, 3.8) is 0 Å². The standard InChI is InChI=1S/C20H16NO4.HI/c1-11-19-13(2-3-16-20(19)25-10-22-16)6-15-14-8-18-17(23-9-24-18)7-12(14)4-5-21(11)15;/h2-3,6-8H,4-5,9-10H2,1H3;1H/q+1;/p-1. The Hall–Kier alpha value is -2.22. The predicted molar refractivity (Wildman–Crippen MR) is 90.3 cm³/mol. The Morgan fingerprint density at radius 2 is 1.65 bits per heavy atom. The molecule has 6 rings (SSSR count). The number of pyridine rings is 1. The molecule has 3 aromatic rings. The number of benzene rings is 2. The average molecular weight is 461 g/mol. The van der Waals surface area contributed by atoms with E-state index in [-0.39, 0.29) is 24.0 Å². The molecule has 3 aliphatic heterocycles. The van der Waals surface area contributed by atoms with Crippen LogP contribution >= 0.6 is 0 Å². The van der Waals surface area contributed by atoms with Gasteiger partial charge in [-0.3, -0.25) is 0 Å². The number of rotatable bonds is 0. The lowest BCUT2D eigenvalue weighted by molar-refractivity contribution is -0.692. The van der Waals surface area contributed by atoms with Gasteiger partial charge in [-0.2, -0.15) is 4.57 Å². The fourth-order valence-electron chi connectivity index (χ4n) is 4.19. The first-order valence-corrected chi connectivity index (χ1v) is 8.48. The van der Waals surface area contributed by atoms with E-state index < -0.39 is 0 Å². The fourth-order valence-corrected chi connectivity index (χ4v) is 4.19. The number of halogens is 1. The van der Waals surface area contributed by atoms with Gasteiger partial charge in [-0.15, -0.1) is 0 Å². The Morgan fingerprint density at radius 1 is 0.885 bits per heavy atom. The van der Waals surface area contributed by atoms with E-state index in [0.29, 0.717) is 13.6 Å². The number of fused-ring (bicyclic) bond motifs is 7. The molecule has 4 heterocycles. The van der Waals surface area contributed by atoms with E-state index >= 15 is 0 Å². The fraction of sp³-hybridized carbons (Fsp3) is 0.250. The van der Waals surface area contributed by atoms with E-state index in [1.807, 2.05) is 6.07 Å². The van der Waals surface area contributed by atoms with Crippen molar-refractivity contribution in [1.29, 1.82) is 0 Å². The molecule has 0 unspecified atom stereocenters. The molecule has 0 saturated carbocycles. The zero-order valence-corrected chi connectivity index (χ0v) is 16.3. The number of nitrogens with zero attached hydrogens (tertiary/aromatic N) is 1. The minimum absolute atomic E-state index is 0. The third-order valence-electron chi connectivity index (χ3n) is 5.40. The van der Waals surface area contributed by atoms with Gasteiger partial charge in [0.2, 0.25) is 19.3 Å². The lowest BCUT2D eigenvalue weighted by Crippen LogP contribution is -3.00. The first-order chi connectivity index (χ1) is 12.3. The van der Waals surface area contributed by atoms with Crippen LogP contribution in [0.4, 0.5) is 0 Å². The second kappa shape index (κ2) is 5.64. The minimum Gasteiger partial charge on any atom is -1.00 e. The van der Waals surface area contributed by atoms with Crippen molar-refractivity contribution in [1.82, 2.24) is 0 Å². The zero-order chi connectivity index (χ0) is 16.5. The van der Waals surface area contributed by atoms with Crippen molar-refractivity contribution >= 4 is 10.8 Å². The normalized spacial score (nSPS) is 15.4. The number of hydrogen-bond acceptors (Lipinski definition) is 4. The minimum atomic E-state index is 0. The summed E-state index contributed by atoms with van der Waals surface area (Å²) in [6.45, 7) is 3.69. The van der Waals surface area contributed by atoms with Crippen molar-refractivity contribution in [3.05, 3.63) is 41.6 Å². The van der Waals surface area contributed by atoms with Crippen molar-refractivity contribution in [3.8, 4) is 34.3 Å². The van der Waals surface area contributed by atoms with Gasteiger partial charge in [0.05, 0.1) is 10.9 Å². The van der Waals surface area contributed by atoms with E-state index in [2.05, 4.69) is 35.8 Å². The number of ether oxygens (including phenoxy) is 4. The van der Waals surface area contributed by atoms with Gasteiger partial charge in [0.1, 0.15) is 0 Å². The summed E-state index contributed by atoms with van der Waals surface area (Å²) in [5.74, 6) is 3.38. The number of aryl methyl sites for hydroxylation is 2. The Morgan fingerprint density at radius 3 is 2.54 bits per heavy atom. The van der Waals surface area contributed by atoms with E-state index in [9.17, 15) is 0 Å². The highest BCUT2D eigenvalue weighted by molar-refractivity contribution is 5.94. The first kappa shape index (κ1) is 16.0. The summed E-state index contributed by atoms with van der Waals surface area (Å²) in [7, 11) is 0. The van der Waals surface area contributed by atoms with Crippen LogP contribution in [0.3, 0.4) is 0 Å². The highest BCUT2D eigenvalue weighted by Gasteiger charge is 2.31. The molecule has 132 valence electrons. The molecular weight excluding hydrogens is 445 g/mol. The van der Waals surface area contributed by atoms with Gasteiger partial charge in [0.25, 0.3) is 0 Å². The molecule has 0 radical (unpaired) electrons. The molecule has 3 aliphatic rings. The van der Waals surface area contributed by atoms with Crippen molar-refractivity contribution in [2.45, 2.75) is 19.9 Å². The second-order valence-electron chi connectivity index (χ2n) is 6.64. The molecule has 0 spiro atoms. The van der Waals surface area contributed by atoms with Gasteiger partial charge < -0.3 is 42.9 Å². The number of aromatic nitrogens is 1. The van der Waals surface area contributed by atoms with Crippen LogP contribution in [0.2, 0.25) is 0 Å². The third-order valence-corrected chi connectivity index (χ3v) is 5.40. The highest BCUT2D eigenvalue weighted by atomic mass is 127. The zero-order valence-electron chi connectivity index (χ0n) is 14.2. The van der Waals surface area contributed by atoms with Gasteiger partial charge in [-0.25, -0.2) is 0 Å². The predicted octanol–water partition coefficient (Wildman–Crippen LogP) is 0.120. The lowest BCUT2D eigenvalue weighted by atomic mass is 9.94. The lowest BCUT2D eigenvalue weighted by Gasteiger charge is -2.18. The molecule has 0 atom stereocenters. The Kier molecular flexibility index (Phi) is 3.47. The smallest absolute Gasteiger partial charge is 0.231 e. The van der Waals surface area contributed by atoms with E-state index in [4.69, 9.17) is 18.9 Å². The number of hydrogen-bond donors (Lipinski definition) is 0. The van der Waals surface area contributed by atoms with Crippen LogP contribution in [-0.4, -0.2) is 13.6 Å². The van der Waals surface area contributed by atoms with E-state index in [0.717, 1.165) is 41.3 Å². The van der Waals surface area contributed by atoms with Crippen LogP contribution in [0.15, 0.2) is 30.3 Å². The Bertz CT molecular complexity index is 1080. The summed E-state index contributed by atoms with van der Waals surface area (Å²) in [5, 5.41) is 2.31. The van der Waals surface area contributed by atoms with Gasteiger partial charge in [0.15, 0.2) is 35.2 Å². The van der Waals surface area contributed by atoms with Crippen molar-refractivity contribution < 1.29 is 47.5 Å². The van der Waals surface area contributed by atoms with Gasteiger partial charge >= 0.3 is 0 Å². The van der Waals surface area contributed by atoms with Crippen LogP contribution < -0.4 is 47.5 Å². The molecule has 0 fully saturated rings. The maximum absolute atomic E-state index is 5.74. The van der Waals surface area contributed by atoms with Crippen LogP contribution in [0, 0.1) is 6.92 Å². The molecule has 1 aromatic heterocycles. The highest BCUT2D eigenvalue weighted by Crippen LogP contribution is 2.43. The molecular formula is C20H16INO4. The Balaban J connectivity index is 0.00000150. The molecule has 0 N–H and O–H groups in total. The van der Waals surface area contributed by atoms with Crippen LogP contribution in [0.1, 0.15) is 11.3 Å². The maximum Gasteiger partial charge on any atom is 0.231 e.